The lowest BCUT2D eigenvalue weighted by Crippen LogP contribution is -2.26. The molecule has 0 saturated carbocycles. The maximum absolute atomic E-state index is 6.60. The van der Waals surface area contributed by atoms with Crippen LogP contribution in [0.5, 0.6) is 0 Å². The zero-order valence-electron chi connectivity index (χ0n) is 14.6. The molecule has 4 nitrogen and oxygen atoms in total. The van der Waals surface area contributed by atoms with E-state index in [2.05, 4.69) is 24.1 Å². The average Bonchev–Trinajstić information content (AvgIpc) is 3.16. The molecule has 4 rings (SSSR count). The van der Waals surface area contributed by atoms with Crippen LogP contribution in [0.2, 0.25) is 10.0 Å². The Labute approximate surface area is 170 Å². The Bertz CT molecular complexity index is 951. The first kappa shape index (κ1) is 18.2. The van der Waals surface area contributed by atoms with Crippen LogP contribution in [0.3, 0.4) is 0 Å². The van der Waals surface area contributed by atoms with Crippen molar-refractivity contribution in [1.29, 1.82) is 0 Å². The van der Waals surface area contributed by atoms with Gasteiger partial charge in [-0.25, -0.2) is 4.98 Å². The fourth-order valence-electron chi connectivity index (χ4n) is 3.15. The Morgan fingerprint density at radius 3 is 2.81 bits per heavy atom. The summed E-state index contributed by atoms with van der Waals surface area (Å²) in [7, 11) is 1.96. The van der Waals surface area contributed by atoms with Gasteiger partial charge in [-0.3, -0.25) is 4.68 Å². The van der Waals surface area contributed by atoms with Crippen molar-refractivity contribution >= 4 is 52.1 Å². The van der Waals surface area contributed by atoms with Crippen LogP contribution < -0.4 is 5.32 Å². The highest BCUT2D eigenvalue weighted by Gasteiger charge is 2.37. The molecule has 0 radical (unpaired) electrons. The van der Waals surface area contributed by atoms with Crippen LogP contribution in [0.1, 0.15) is 30.2 Å². The first-order valence-corrected chi connectivity index (χ1v) is 10.7. The minimum absolute atomic E-state index is 0.0206. The van der Waals surface area contributed by atoms with E-state index in [9.17, 15) is 0 Å². The second kappa shape index (κ2) is 6.75. The molecule has 8 heteroatoms. The summed E-state index contributed by atoms with van der Waals surface area (Å²) in [4.78, 5) is 4.49. The second-order valence-electron chi connectivity index (χ2n) is 6.85. The van der Waals surface area contributed by atoms with E-state index in [0.29, 0.717) is 10.0 Å². The van der Waals surface area contributed by atoms with E-state index in [1.165, 1.54) is 0 Å². The van der Waals surface area contributed by atoms with Crippen molar-refractivity contribution in [3.8, 4) is 10.7 Å². The van der Waals surface area contributed by atoms with Gasteiger partial charge in [0.15, 0.2) is 0 Å². The standard InChI is InChI=1S/C18H18Cl2N4S2/c1-18(2)9-22-16-13(14(23-24(16)3)17-21-6-7-25-17)15(26-18)11-5-4-10(19)8-12(11)20/h4-8,15,22H,9H2,1-3H3. The molecule has 1 unspecified atom stereocenters. The largest absolute Gasteiger partial charge is 0.369 e. The molecule has 0 aliphatic carbocycles. The van der Waals surface area contributed by atoms with Gasteiger partial charge in [0, 0.05) is 45.5 Å². The van der Waals surface area contributed by atoms with Crippen LogP contribution in [-0.2, 0) is 7.05 Å². The number of nitrogens with zero attached hydrogens (tertiary/aromatic N) is 3. The molecule has 0 bridgehead atoms. The Kier molecular flexibility index (Phi) is 4.72. The average molecular weight is 425 g/mol. The number of hydrogen-bond donors (Lipinski definition) is 1. The highest BCUT2D eigenvalue weighted by atomic mass is 35.5. The summed E-state index contributed by atoms with van der Waals surface area (Å²) < 4.78 is 1.93. The second-order valence-corrected chi connectivity index (χ2v) is 10.4. The molecule has 26 heavy (non-hydrogen) atoms. The minimum Gasteiger partial charge on any atom is -0.369 e. The predicted octanol–water partition coefficient (Wildman–Crippen LogP) is 5.88. The van der Waals surface area contributed by atoms with Gasteiger partial charge in [0.05, 0.1) is 5.25 Å². The third kappa shape index (κ3) is 3.24. The number of rotatable bonds is 2. The van der Waals surface area contributed by atoms with Gasteiger partial charge in [-0.15, -0.1) is 23.1 Å². The lowest BCUT2D eigenvalue weighted by Gasteiger charge is -2.27. The summed E-state index contributed by atoms with van der Waals surface area (Å²) >= 11 is 16.2. The summed E-state index contributed by atoms with van der Waals surface area (Å²) in [5.41, 5.74) is 3.08. The molecular formula is C18H18Cl2N4S2. The van der Waals surface area contributed by atoms with Crippen molar-refractivity contribution in [3.63, 3.8) is 0 Å². The molecule has 0 saturated heterocycles. The van der Waals surface area contributed by atoms with Crippen molar-refractivity contribution in [2.45, 2.75) is 23.8 Å². The van der Waals surface area contributed by atoms with E-state index < -0.39 is 0 Å². The lowest BCUT2D eigenvalue weighted by atomic mass is 10.0. The predicted molar refractivity (Wildman–Crippen MR) is 113 cm³/mol. The molecule has 1 N–H and O–H groups in total. The number of anilines is 1. The van der Waals surface area contributed by atoms with Crippen LogP contribution in [-0.4, -0.2) is 26.1 Å². The summed E-state index contributed by atoms with van der Waals surface area (Å²) in [6.07, 6.45) is 1.81. The van der Waals surface area contributed by atoms with E-state index in [4.69, 9.17) is 28.3 Å². The molecule has 0 amide bonds. The van der Waals surface area contributed by atoms with Crippen molar-refractivity contribution < 1.29 is 0 Å². The SMILES string of the molecule is Cn1nc(-c2nccs2)c2c1NCC(C)(C)SC2c1ccc(Cl)cc1Cl. The number of halogens is 2. The fourth-order valence-corrected chi connectivity index (χ4v) is 5.83. The maximum atomic E-state index is 6.60. The number of benzene rings is 1. The highest BCUT2D eigenvalue weighted by molar-refractivity contribution is 8.01. The molecule has 136 valence electrons. The van der Waals surface area contributed by atoms with Crippen LogP contribution in [0.25, 0.3) is 10.7 Å². The third-order valence-corrected chi connectivity index (χ3v) is 7.19. The summed E-state index contributed by atoms with van der Waals surface area (Å²) in [5.74, 6) is 1.02. The summed E-state index contributed by atoms with van der Waals surface area (Å²) in [5, 5.41) is 12.6. The first-order valence-electron chi connectivity index (χ1n) is 8.19. The van der Waals surface area contributed by atoms with Crippen LogP contribution in [0, 0.1) is 0 Å². The van der Waals surface area contributed by atoms with Crippen LogP contribution in [0.15, 0.2) is 29.8 Å². The van der Waals surface area contributed by atoms with E-state index in [1.54, 1.807) is 11.3 Å². The van der Waals surface area contributed by atoms with Gasteiger partial charge in [-0.2, -0.15) is 5.10 Å². The summed E-state index contributed by atoms with van der Waals surface area (Å²) in [6.45, 7) is 5.32. The molecule has 3 heterocycles. The molecule has 3 aromatic rings. The number of aromatic nitrogens is 3. The number of aryl methyl sites for hydroxylation is 1. The summed E-state index contributed by atoms with van der Waals surface area (Å²) in [6, 6.07) is 5.73. The first-order chi connectivity index (χ1) is 12.4. The van der Waals surface area contributed by atoms with Gasteiger partial charge < -0.3 is 5.32 Å². The topological polar surface area (TPSA) is 42.7 Å². The van der Waals surface area contributed by atoms with Gasteiger partial charge in [0.25, 0.3) is 0 Å². The molecule has 2 aromatic heterocycles. The molecule has 0 fully saturated rings. The number of hydrogen-bond acceptors (Lipinski definition) is 5. The van der Waals surface area contributed by atoms with Gasteiger partial charge in [-0.05, 0) is 31.5 Å². The van der Waals surface area contributed by atoms with Gasteiger partial charge in [-0.1, -0.05) is 29.3 Å². The number of nitrogens with one attached hydrogen (secondary N) is 1. The van der Waals surface area contributed by atoms with Crippen molar-refractivity contribution in [2.24, 2.45) is 7.05 Å². The zero-order valence-corrected chi connectivity index (χ0v) is 17.7. The lowest BCUT2D eigenvalue weighted by molar-refractivity contribution is 0.726. The van der Waals surface area contributed by atoms with Crippen LogP contribution >= 0.6 is 46.3 Å². The molecule has 1 aliphatic heterocycles. The number of thioether (sulfide) groups is 1. The van der Waals surface area contributed by atoms with E-state index in [-0.39, 0.29) is 10.00 Å². The van der Waals surface area contributed by atoms with Gasteiger partial charge in [0.1, 0.15) is 16.5 Å². The molecule has 1 atom stereocenters. The minimum atomic E-state index is 0.0206. The van der Waals surface area contributed by atoms with Crippen molar-refractivity contribution in [3.05, 3.63) is 50.9 Å². The highest BCUT2D eigenvalue weighted by Crippen LogP contribution is 2.52. The quantitative estimate of drug-likeness (QED) is 0.557. The molecule has 1 aromatic carbocycles. The smallest absolute Gasteiger partial charge is 0.144 e. The monoisotopic (exact) mass is 424 g/mol. The van der Waals surface area contributed by atoms with E-state index in [0.717, 1.165) is 34.2 Å². The Morgan fingerprint density at radius 1 is 1.31 bits per heavy atom. The maximum Gasteiger partial charge on any atom is 0.144 e. The Morgan fingerprint density at radius 2 is 2.12 bits per heavy atom. The molecular weight excluding hydrogens is 407 g/mol. The normalized spacial score (nSPS) is 18.9. The van der Waals surface area contributed by atoms with Gasteiger partial charge in [0.2, 0.25) is 0 Å². The Hall–Kier alpha value is -1.21. The van der Waals surface area contributed by atoms with Gasteiger partial charge >= 0.3 is 0 Å². The third-order valence-electron chi connectivity index (χ3n) is 4.34. The molecule has 1 aliphatic rings. The number of thiazole rings is 1. The fraction of sp³-hybridized carbons (Fsp3) is 0.333. The van der Waals surface area contributed by atoms with E-state index in [1.807, 2.05) is 53.3 Å². The Balaban J connectivity index is 1.96. The molecule has 0 spiro atoms. The van der Waals surface area contributed by atoms with Crippen molar-refractivity contribution in [1.82, 2.24) is 14.8 Å². The van der Waals surface area contributed by atoms with E-state index >= 15 is 0 Å². The van der Waals surface area contributed by atoms with Crippen LogP contribution in [0.4, 0.5) is 5.82 Å². The number of fused-ring (bicyclic) bond motifs is 1. The zero-order chi connectivity index (χ0) is 18.5. The van der Waals surface area contributed by atoms with Crippen molar-refractivity contribution in [2.75, 3.05) is 11.9 Å².